The van der Waals surface area contributed by atoms with Crippen LogP contribution in [0, 0.1) is 0 Å². The van der Waals surface area contributed by atoms with E-state index in [0.29, 0.717) is 5.82 Å². The number of rotatable bonds is 12. The lowest BCUT2D eigenvalue weighted by atomic mass is 9.85. The van der Waals surface area contributed by atoms with Gasteiger partial charge >= 0.3 is 0 Å². The molecule has 572 valence electrons. The first kappa shape index (κ1) is 70.4. The van der Waals surface area contributed by atoms with Gasteiger partial charge in [0.2, 0.25) is 0 Å². The van der Waals surface area contributed by atoms with Crippen molar-refractivity contribution < 1.29 is 0 Å². The highest BCUT2D eigenvalue weighted by Gasteiger charge is 2.26. The number of para-hydroxylation sites is 2. The van der Waals surface area contributed by atoms with E-state index in [1.165, 1.54) is 54.7 Å². The van der Waals surface area contributed by atoms with Crippen molar-refractivity contribution >= 4 is 120 Å². The lowest BCUT2D eigenvalue weighted by molar-refractivity contribution is 0.591. The zero-order valence-electron chi connectivity index (χ0n) is 67.5. The van der Waals surface area contributed by atoms with Gasteiger partial charge < -0.3 is 18.3 Å². The Labute approximate surface area is 705 Å². The zero-order valence-corrected chi connectivity index (χ0v) is 67.5. The molecule has 0 radical (unpaired) electrons. The maximum atomic E-state index is 5.91. The van der Waals surface area contributed by atoms with Gasteiger partial charge in [-0.1, -0.05) is 288 Å². The molecule has 0 fully saturated rings. The predicted octanol–water partition coefficient (Wildman–Crippen LogP) is 31.0. The molecule has 0 aliphatic rings. The first-order chi connectivity index (χ1) is 60.1. The maximum Gasteiger partial charge on any atom is 0.160 e. The Morgan fingerprint density at radius 3 is 0.836 bits per heavy atom. The highest BCUT2D eigenvalue weighted by Crippen LogP contribution is 2.47. The van der Waals surface area contributed by atoms with E-state index in [-0.39, 0.29) is 5.41 Å². The Bertz CT molecular complexity index is 8000. The van der Waals surface area contributed by atoms with Crippen LogP contribution >= 0.6 is 0 Å². The summed E-state index contributed by atoms with van der Waals surface area (Å²) in [6, 6.07) is 155. The van der Waals surface area contributed by atoms with Crippen molar-refractivity contribution in [2.45, 2.75) is 26.2 Å². The van der Waals surface area contributed by atoms with Crippen LogP contribution in [0.4, 0.5) is 0 Å². The molecule has 0 saturated carbocycles. The van der Waals surface area contributed by atoms with E-state index >= 15 is 0 Å². The fourth-order valence-electron chi connectivity index (χ4n) is 19.4. The van der Waals surface area contributed by atoms with Gasteiger partial charge in [-0.05, 0) is 246 Å². The monoisotopic (exact) mass is 1550 g/mol. The van der Waals surface area contributed by atoms with Crippen LogP contribution in [-0.4, -0.2) is 28.2 Å². The van der Waals surface area contributed by atoms with Gasteiger partial charge in [0, 0.05) is 87.7 Å². The van der Waals surface area contributed by atoms with Crippen molar-refractivity contribution in [3.05, 3.63) is 424 Å². The van der Waals surface area contributed by atoms with E-state index in [9.17, 15) is 0 Å². The van der Waals surface area contributed by atoms with Gasteiger partial charge in [0.05, 0.1) is 55.3 Å². The van der Waals surface area contributed by atoms with Crippen LogP contribution in [0.2, 0.25) is 0 Å². The van der Waals surface area contributed by atoms with Gasteiger partial charge in [-0.15, -0.1) is 0 Å². The van der Waals surface area contributed by atoms with Gasteiger partial charge in [0.1, 0.15) is 0 Å². The maximum absolute atomic E-state index is 5.91. The molecule has 122 heavy (non-hydrogen) atoms. The smallest absolute Gasteiger partial charge is 0.160 e. The van der Waals surface area contributed by atoms with Crippen LogP contribution in [-0.2, 0) is 5.41 Å². The number of fused-ring (bicyclic) bond motifs is 16. The first-order valence-corrected chi connectivity index (χ1v) is 42.1. The molecule has 6 heteroatoms. The number of aromatic nitrogens is 6. The van der Waals surface area contributed by atoms with Crippen molar-refractivity contribution in [1.29, 1.82) is 0 Å². The van der Waals surface area contributed by atoms with Gasteiger partial charge in [0.25, 0.3) is 0 Å². The molecule has 0 aliphatic carbocycles. The molecule has 24 rings (SSSR count). The summed E-state index contributed by atoms with van der Waals surface area (Å²) in [5, 5.41) is 14.9. The van der Waals surface area contributed by atoms with E-state index in [0.717, 1.165) is 177 Å². The van der Waals surface area contributed by atoms with Crippen molar-refractivity contribution in [3.63, 3.8) is 0 Å². The van der Waals surface area contributed by atoms with Gasteiger partial charge in [0.15, 0.2) is 5.82 Å². The van der Waals surface area contributed by atoms with E-state index in [2.05, 4.69) is 458 Å². The third-order valence-corrected chi connectivity index (χ3v) is 25.4. The second-order valence-electron chi connectivity index (χ2n) is 33.7. The summed E-state index contributed by atoms with van der Waals surface area (Å²) in [6.07, 6.45) is 0. The van der Waals surface area contributed by atoms with E-state index in [1.54, 1.807) is 0 Å². The minimum Gasteiger partial charge on any atom is -0.309 e. The summed E-state index contributed by atoms with van der Waals surface area (Å²) < 4.78 is 9.83. The minimum absolute atomic E-state index is 0.00539. The molecule has 0 N–H and O–H groups in total. The Morgan fingerprint density at radius 1 is 0.180 bits per heavy atom. The minimum atomic E-state index is -0.00539. The van der Waals surface area contributed by atoms with Crippen LogP contribution < -0.4 is 0 Å². The van der Waals surface area contributed by atoms with Gasteiger partial charge in [-0.25, -0.2) is 9.97 Å². The molecule has 0 aliphatic heterocycles. The summed E-state index contributed by atoms with van der Waals surface area (Å²) >= 11 is 0. The lowest BCUT2D eigenvalue weighted by Gasteiger charge is -2.19. The largest absolute Gasteiger partial charge is 0.309 e. The molecule has 0 spiro atoms. The third-order valence-electron chi connectivity index (χ3n) is 25.4. The quantitative estimate of drug-likeness (QED) is 0.114. The number of hydrogen-bond donors (Lipinski definition) is 0. The van der Waals surface area contributed by atoms with E-state index in [4.69, 9.17) is 9.97 Å². The molecule has 0 unspecified atom stereocenters. The van der Waals surface area contributed by atoms with Crippen LogP contribution in [0.5, 0.6) is 0 Å². The number of benzene rings is 19. The fourth-order valence-corrected chi connectivity index (χ4v) is 19.4. The van der Waals surface area contributed by atoms with E-state index < -0.39 is 0 Å². The molecule has 5 aromatic heterocycles. The summed E-state index contributed by atoms with van der Waals surface area (Å²) in [5.41, 5.74) is 32.0. The van der Waals surface area contributed by atoms with Crippen LogP contribution in [0.15, 0.2) is 419 Å². The highest BCUT2D eigenvalue weighted by atomic mass is 15.0. The predicted molar refractivity (Wildman–Crippen MR) is 514 cm³/mol. The Balaban J connectivity index is 0.754. The van der Waals surface area contributed by atoms with Gasteiger partial charge in [-0.3, -0.25) is 0 Å². The summed E-state index contributed by atoms with van der Waals surface area (Å²) in [7, 11) is 0. The molecule has 0 bridgehead atoms. The molecule has 0 saturated heterocycles. The van der Waals surface area contributed by atoms with Crippen molar-refractivity contribution in [2.75, 3.05) is 0 Å². The third kappa shape index (κ3) is 11.7. The summed E-state index contributed by atoms with van der Waals surface area (Å²) in [5.74, 6) is 0.624. The van der Waals surface area contributed by atoms with Crippen LogP contribution in [0.25, 0.3) is 232 Å². The van der Waals surface area contributed by atoms with Crippen molar-refractivity contribution in [2.24, 2.45) is 0 Å². The summed E-state index contributed by atoms with van der Waals surface area (Å²) in [6.45, 7) is 6.85. The van der Waals surface area contributed by atoms with Crippen molar-refractivity contribution in [3.8, 4) is 112 Å². The molecule has 0 amide bonds. The standard InChI is InChI=1S/C116H78N6/c1-116(2,3)90-50-40-78-60-88(39-38-79(78)61-90)113-96-51-41-77-32-22-23-37-95(77)114(96)118-115(117-113)89-62-93(121-109-54-44-82(75-28-14-6-15-29-75)66-99(109)103-70-86(48-58-111(103)121)84-46-56-107-101(68-84)97-64-80(73-24-10-4-11-25-73)42-52-105(97)119(107)91-33-18-8-19-34-91)72-94(63-89)122-110-55-45-83(76-30-16-7-17-31-76)67-100(110)104-71-87(49-59-112(104)122)85-47-57-108-102(69-85)98-65-81(74-26-12-5-13-27-74)43-53-106(98)120(108)92-35-20-9-21-36-92/h4-72H,1-3H3. The van der Waals surface area contributed by atoms with Crippen LogP contribution in [0.1, 0.15) is 26.3 Å². The highest BCUT2D eigenvalue weighted by molar-refractivity contribution is 6.18. The average Bonchev–Trinajstić information content (AvgIpc) is 1.62. The summed E-state index contributed by atoms with van der Waals surface area (Å²) in [4.78, 5) is 11.8. The normalized spacial score (nSPS) is 12.1. The SMILES string of the molecule is CC(C)(C)c1ccc2cc(-c3nc(-c4cc(-n5c6ccc(-c7ccccc7)cc6c6cc(-c7ccc8c(c7)c7cc(-c9ccccc9)ccc7n8-c7ccccc7)ccc65)cc(-n5c6ccc(-c7ccccc7)cc6c6cc(-c7ccc8c(c7)c7cc(-c9ccccc9)ccc7n8-c7ccccc7)ccc65)c4)nc4c3ccc3ccccc34)ccc2c1. The second kappa shape index (κ2) is 28.0. The number of nitrogens with zero attached hydrogens (tertiary/aromatic N) is 6. The Kier molecular flexibility index (Phi) is 16.1. The molecule has 5 heterocycles. The Morgan fingerprint density at radius 2 is 0.475 bits per heavy atom. The molecular formula is C116H78N6. The van der Waals surface area contributed by atoms with Gasteiger partial charge in [-0.2, -0.15) is 0 Å². The average molecular weight is 1560 g/mol. The zero-order chi connectivity index (χ0) is 80.8. The second-order valence-corrected chi connectivity index (χ2v) is 33.7. The molecular weight excluding hydrogens is 1480 g/mol. The molecule has 6 nitrogen and oxygen atoms in total. The fraction of sp³-hybridized carbons (Fsp3) is 0.0345. The molecule has 0 atom stereocenters. The van der Waals surface area contributed by atoms with Crippen LogP contribution in [0.3, 0.4) is 0 Å². The topological polar surface area (TPSA) is 45.5 Å². The molecule has 24 aromatic rings. The van der Waals surface area contributed by atoms with Crippen molar-refractivity contribution in [1.82, 2.24) is 28.2 Å². The number of hydrogen-bond acceptors (Lipinski definition) is 2. The van der Waals surface area contributed by atoms with E-state index in [1.807, 2.05) is 0 Å². The lowest BCUT2D eigenvalue weighted by Crippen LogP contribution is -2.10. The first-order valence-electron chi connectivity index (χ1n) is 42.1. The molecule has 19 aromatic carbocycles. The Hall–Kier alpha value is -15.8.